The Balaban J connectivity index is 1.96. The van der Waals surface area contributed by atoms with Gasteiger partial charge in [-0.15, -0.1) is 5.10 Å². The average Bonchev–Trinajstić information content (AvgIpc) is 2.59. The molecule has 0 radical (unpaired) electrons. The minimum Gasteiger partial charge on any atom is -0.482 e. The molecule has 3 aromatic rings. The van der Waals surface area contributed by atoms with Gasteiger partial charge in [0.1, 0.15) is 11.3 Å². The van der Waals surface area contributed by atoms with Crippen LogP contribution in [0, 0.1) is 6.92 Å². The third-order valence-corrected chi connectivity index (χ3v) is 4.16. The van der Waals surface area contributed by atoms with Crippen LogP contribution >= 0.6 is 0 Å². The van der Waals surface area contributed by atoms with Crippen LogP contribution in [0.2, 0.25) is 0 Å². The SMILES string of the molecule is Cc1cc2c(cc1-n1nnc3ccccc3c1=O)N(C)C(=O)CO2. The lowest BCUT2D eigenvalue weighted by Gasteiger charge is -2.27. The molecule has 1 aliphatic heterocycles. The summed E-state index contributed by atoms with van der Waals surface area (Å²) in [5.74, 6) is 0.467. The number of anilines is 1. The number of aromatic nitrogens is 3. The van der Waals surface area contributed by atoms with Crippen LogP contribution in [0.4, 0.5) is 5.69 Å². The Kier molecular flexibility index (Phi) is 3.09. The maximum Gasteiger partial charge on any atom is 0.282 e. The summed E-state index contributed by atoms with van der Waals surface area (Å²) in [6, 6.07) is 10.6. The quantitative estimate of drug-likeness (QED) is 0.677. The van der Waals surface area contributed by atoms with Gasteiger partial charge >= 0.3 is 0 Å². The number of hydrogen-bond acceptors (Lipinski definition) is 5. The Morgan fingerprint density at radius 1 is 1.12 bits per heavy atom. The Labute approximate surface area is 137 Å². The lowest BCUT2D eigenvalue weighted by atomic mass is 10.1. The van der Waals surface area contributed by atoms with Crippen molar-refractivity contribution in [2.24, 2.45) is 0 Å². The first-order valence-corrected chi connectivity index (χ1v) is 7.45. The Morgan fingerprint density at radius 3 is 2.75 bits per heavy atom. The fourth-order valence-electron chi connectivity index (χ4n) is 2.78. The van der Waals surface area contributed by atoms with Gasteiger partial charge in [0.2, 0.25) is 0 Å². The number of aryl methyl sites for hydroxylation is 1. The van der Waals surface area contributed by atoms with E-state index in [0.29, 0.717) is 28.0 Å². The molecular formula is C17H14N4O3. The summed E-state index contributed by atoms with van der Waals surface area (Å²) in [6.07, 6.45) is 0. The van der Waals surface area contributed by atoms with Crippen molar-refractivity contribution in [2.75, 3.05) is 18.6 Å². The second kappa shape index (κ2) is 5.16. The zero-order valence-electron chi connectivity index (χ0n) is 13.2. The van der Waals surface area contributed by atoms with Crippen LogP contribution in [0.5, 0.6) is 5.75 Å². The smallest absolute Gasteiger partial charge is 0.282 e. The first kappa shape index (κ1) is 14.4. The molecule has 0 bridgehead atoms. The van der Waals surface area contributed by atoms with E-state index in [0.717, 1.165) is 5.56 Å². The fraction of sp³-hybridized carbons (Fsp3) is 0.176. The highest BCUT2D eigenvalue weighted by atomic mass is 16.5. The minimum absolute atomic E-state index is 0.0119. The van der Waals surface area contributed by atoms with Crippen molar-refractivity contribution in [3.63, 3.8) is 0 Å². The normalized spacial score (nSPS) is 13.8. The molecule has 0 saturated carbocycles. The number of fused-ring (bicyclic) bond motifs is 2. The summed E-state index contributed by atoms with van der Waals surface area (Å²) in [5, 5.41) is 8.64. The van der Waals surface area contributed by atoms with Crippen molar-refractivity contribution in [3.8, 4) is 11.4 Å². The largest absolute Gasteiger partial charge is 0.482 e. The summed E-state index contributed by atoms with van der Waals surface area (Å²) in [4.78, 5) is 26.1. The molecule has 0 spiro atoms. The molecule has 24 heavy (non-hydrogen) atoms. The van der Waals surface area contributed by atoms with Crippen LogP contribution in [0.3, 0.4) is 0 Å². The minimum atomic E-state index is -0.255. The van der Waals surface area contributed by atoms with Crippen LogP contribution in [0.15, 0.2) is 41.2 Å². The van der Waals surface area contributed by atoms with Crippen LogP contribution in [0.1, 0.15) is 5.56 Å². The lowest BCUT2D eigenvalue weighted by molar-refractivity contribution is -0.120. The number of benzene rings is 2. The highest BCUT2D eigenvalue weighted by molar-refractivity contribution is 5.97. The van der Waals surface area contributed by atoms with Gasteiger partial charge in [0.05, 0.1) is 16.8 Å². The molecule has 0 unspecified atom stereocenters. The molecule has 7 nitrogen and oxygen atoms in total. The highest BCUT2D eigenvalue weighted by Gasteiger charge is 2.24. The van der Waals surface area contributed by atoms with Crippen molar-refractivity contribution in [1.29, 1.82) is 0 Å². The standard InChI is InChI=1S/C17H14N4O3/c1-10-7-15-14(20(2)16(22)9-24-15)8-13(10)21-17(23)11-5-3-4-6-12(11)18-19-21/h3-8H,9H2,1-2H3. The predicted molar refractivity (Wildman–Crippen MR) is 88.8 cm³/mol. The third-order valence-electron chi connectivity index (χ3n) is 4.16. The van der Waals surface area contributed by atoms with Crippen molar-refractivity contribution < 1.29 is 9.53 Å². The van der Waals surface area contributed by atoms with Gasteiger partial charge in [0.25, 0.3) is 11.5 Å². The van der Waals surface area contributed by atoms with E-state index < -0.39 is 0 Å². The van der Waals surface area contributed by atoms with Crippen LogP contribution < -0.4 is 15.2 Å². The average molecular weight is 322 g/mol. The highest BCUT2D eigenvalue weighted by Crippen LogP contribution is 2.34. The van der Waals surface area contributed by atoms with Crippen LogP contribution in [0.25, 0.3) is 16.6 Å². The van der Waals surface area contributed by atoms with Crippen molar-refractivity contribution in [1.82, 2.24) is 15.0 Å². The number of carbonyl (C=O) groups excluding carboxylic acids is 1. The molecule has 2 aromatic carbocycles. The lowest BCUT2D eigenvalue weighted by Crippen LogP contribution is -2.35. The monoisotopic (exact) mass is 322 g/mol. The second-order valence-corrected chi connectivity index (χ2v) is 5.67. The number of likely N-dealkylation sites (N-methyl/N-ethyl adjacent to an activating group) is 1. The second-order valence-electron chi connectivity index (χ2n) is 5.67. The van der Waals surface area contributed by atoms with Crippen LogP contribution in [-0.4, -0.2) is 34.6 Å². The van der Waals surface area contributed by atoms with E-state index in [1.54, 1.807) is 37.4 Å². The number of amides is 1. The van der Waals surface area contributed by atoms with Gasteiger partial charge in [-0.25, -0.2) is 0 Å². The van der Waals surface area contributed by atoms with Crippen molar-refractivity contribution >= 4 is 22.5 Å². The van der Waals surface area contributed by atoms with E-state index in [4.69, 9.17) is 4.74 Å². The summed E-state index contributed by atoms with van der Waals surface area (Å²) in [7, 11) is 1.68. The molecule has 4 rings (SSSR count). The zero-order valence-corrected chi connectivity index (χ0v) is 13.2. The first-order chi connectivity index (χ1) is 11.6. The Morgan fingerprint density at radius 2 is 1.92 bits per heavy atom. The van der Waals surface area contributed by atoms with Crippen LogP contribution in [-0.2, 0) is 4.79 Å². The fourth-order valence-corrected chi connectivity index (χ4v) is 2.78. The van der Waals surface area contributed by atoms with E-state index >= 15 is 0 Å². The molecule has 0 aliphatic carbocycles. The molecule has 0 atom stereocenters. The topological polar surface area (TPSA) is 77.3 Å². The van der Waals surface area contributed by atoms with E-state index in [1.165, 1.54) is 9.58 Å². The zero-order chi connectivity index (χ0) is 16.8. The van der Waals surface area contributed by atoms with Crippen molar-refractivity contribution in [3.05, 3.63) is 52.3 Å². The molecule has 2 heterocycles. The van der Waals surface area contributed by atoms with Gasteiger partial charge in [-0.2, -0.15) is 4.68 Å². The van der Waals surface area contributed by atoms with E-state index in [1.807, 2.05) is 13.0 Å². The van der Waals surface area contributed by atoms with Gasteiger partial charge < -0.3 is 9.64 Å². The van der Waals surface area contributed by atoms with Gasteiger partial charge in [-0.05, 0) is 36.8 Å². The molecule has 1 aromatic heterocycles. The van der Waals surface area contributed by atoms with E-state index in [9.17, 15) is 9.59 Å². The molecule has 120 valence electrons. The summed E-state index contributed by atoms with van der Waals surface area (Å²) >= 11 is 0. The number of rotatable bonds is 1. The maximum atomic E-state index is 12.7. The number of ether oxygens (including phenoxy) is 1. The van der Waals surface area contributed by atoms with Gasteiger partial charge in [-0.3, -0.25) is 9.59 Å². The maximum absolute atomic E-state index is 12.7. The molecule has 0 fully saturated rings. The molecule has 1 aliphatic rings. The van der Waals surface area contributed by atoms with Gasteiger partial charge in [-0.1, -0.05) is 17.3 Å². The number of hydrogen-bond donors (Lipinski definition) is 0. The number of nitrogens with zero attached hydrogens (tertiary/aromatic N) is 4. The summed E-state index contributed by atoms with van der Waals surface area (Å²) in [6.45, 7) is 1.87. The van der Waals surface area contributed by atoms with E-state index in [-0.39, 0.29) is 18.1 Å². The Bertz CT molecular complexity index is 1040. The van der Waals surface area contributed by atoms with E-state index in [2.05, 4.69) is 10.3 Å². The Hall–Kier alpha value is -3.22. The van der Waals surface area contributed by atoms with Gasteiger partial charge in [0, 0.05) is 7.05 Å². The molecular weight excluding hydrogens is 308 g/mol. The van der Waals surface area contributed by atoms with Crippen molar-refractivity contribution in [2.45, 2.75) is 6.92 Å². The number of carbonyl (C=O) groups is 1. The third kappa shape index (κ3) is 2.05. The summed E-state index contributed by atoms with van der Waals surface area (Å²) < 4.78 is 6.72. The van der Waals surface area contributed by atoms with Gasteiger partial charge in [0.15, 0.2) is 6.61 Å². The molecule has 0 saturated heterocycles. The predicted octanol–water partition coefficient (Wildman–Crippen LogP) is 1.44. The molecule has 7 heteroatoms. The molecule has 0 N–H and O–H groups in total. The molecule has 1 amide bonds. The summed E-state index contributed by atoms with van der Waals surface area (Å²) in [5.41, 5.74) is 2.28. The first-order valence-electron chi connectivity index (χ1n) is 7.45.